The maximum absolute atomic E-state index is 13.0. The fourth-order valence-corrected chi connectivity index (χ4v) is 2.33. The largest absolute Gasteiger partial charge is 0.342 e. The molecule has 2 N–H and O–H groups in total. The van der Waals surface area contributed by atoms with Crippen LogP contribution in [0.1, 0.15) is 12.2 Å². The second-order valence-electron chi connectivity index (χ2n) is 4.07. The molecule has 18 heavy (non-hydrogen) atoms. The van der Waals surface area contributed by atoms with Gasteiger partial charge in [-0.25, -0.2) is 9.37 Å². The molecule has 0 aliphatic rings. The molecule has 2 aromatic rings. The molecule has 0 unspecified atom stereocenters. The van der Waals surface area contributed by atoms with Crippen LogP contribution in [0, 0.1) is 5.82 Å². The monoisotopic (exact) mass is 311 g/mol. The molecule has 0 atom stereocenters. The summed E-state index contributed by atoms with van der Waals surface area (Å²) in [7, 11) is 1.93. The Morgan fingerprint density at radius 3 is 3.00 bits per heavy atom. The topological polar surface area (TPSA) is 40.7 Å². The van der Waals surface area contributed by atoms with Gasteiger partial charge in [0, 0.05) is 16.5 Å². The van der Waals surface area contributed by atoms with Crippen LogP contribution in [0.3, 0.4) is 0 Å². The quantitative estimate of drug-likeness (QED) is 0.833. The van der Waals surface area contributed by atoms with Crippen molar-refractivity contribution >= 4 is 15.9 Å². The SMILES string of the molecule is CNCCCc1ncc(-c2ccc(F)cc2Br)[nH]1. The Labute approximate surface area is 114 Å². The van der Waals surface area contributed by atoms with Crippen molar-refractivity contribution in [2.45, 2.75) is 12.8 Å². The molecule has 96 valence electrons. The predicted molar refractivity (Wildman–Crippen MR) is 73.9 cm³/mol. The maximum Gasteiger partial charge on any atom is 0.124 e. The summed E-state index contributed by atoms with van der Waals surface area (Å²) < 4.78 is 13.7. The Kier molecular flexibility index (Phi) is 4.49. The smallest absolute Gasteiger partial charge is 0.124 e. The van der Waals surface area contributed by atoms with Gasteiger partial charge < -0.3 is 10.3 Å². The van der Waals surface area contributed by atoms with Crippen molar-refractivity contribution in [3.05, 3.63) is 40.5 Å². The van der Waals surface area contributed by atoms with Crippen LogP contribution in [0.4, 0.5) is 4.39 Å². The minimum absolute atomic E-state index is 0.251. The number of aromatic amines is 1. The number of aryl methyl sites for hydroxylation is 1. The lowest BCUT2D eigenvalue weighted by molar-refractivity contribution is 0.627. The molecule has 1 aromatic carbocycles. The van der Waals surface area contributed by atoms with Crippen LogP contribution in [0.25, 0.3) is 11.3 Å². The molecule has 1 aromatic heterocycles. The molecule has 2 rings (SSSR count). The third kappa shape index (κ3) is 3.17. The first-order valence-corrected chi connectivity index (χ1v) is 6.64. The number of hydrogen-bond donors (Lipinski definition) is 2. The average molecular weight is 312 g/mol. The number of rotatable bonds is 5. The third-order valence-electron chi connectivity index (χ3n) is 2.69. The summed E-state index contributed by atoms with van der Waals surface area (Å²) in [6.07, 6.45) is 3.72. The van der Waals surface area contributed by atoms with Crippen molar-refractivity contribution in [2.75, 3.05) is 13.6 Å². The van der Waals surface area contributed by atoms with Gasteiger partial charge >= 0.3 is 0 Å². The van der Waals surface area contributed by atoms with Crippen LogP contribution in [0.2, 0.25) is 0 Å². The molecule has 0 fully saturated rings. The molecule has 0 radical (unpaired) electrons. The average Bonchev–Trinajstić information content (AvgIpc) is 2.78. The van der Waals surface area contributed by atoms with Crippen LogP contribution < -0.4 is 5.32 Å². The molecular formula is C13H15BrFN3. The minimum atomic E-state index is -0.251. The number of nitrogens with zero attached hydrogens (tertiary/aromatic N) is 1. The first-order valence-electron chi connectivity index (χ1n) is 5.84. The second kappa shape index (κ2) is 6.11. The van der Waals surface area contributed by atoms with Gasteiger partial charge in [0.05, 0.1) is 11.9 Å². The van der Waals surface area contributed by atoms with Crippen LogP contribution in [0.15, 0.2) is 28.9 Å². The Hall–Kier alpha value is -1.20. The molecular weight excluding hydrogens is 297 g/mol. The van der Waals surface area contributed by atoms with Crippen LogP contribution >= 0.6 is 15.9 Å². The lowest BCUT2D eigenvalue weighted by atomic mass is 10.2. The molecule has 0 amide bonds. The number of halogens is 2. The van der Waals surface area contributed by atoms with Crippen molar-refractivity contribution < 1.29 is 4.39 Å². The van der Waals surface area contributed by atoms with E-state index in [4.69, 9.17) is 0 Å². The van der Waals surface area contributed by atoms with E-state index in [-0.39, 0.29) is 5.82 Å². The van der Waals surface area contributed by atoms with Crippen molar-refractivity contribution in [1.82, 2.24) is 15.3 Å². The number of H-pyrrole nitrogens is 1. The van der Waals surface area contributed by atoms with Gasteiger partial charge in [-0.3, -0.25) is 0 Å². The van der Waals surface area contributed by atoms with Crippen LogP contribution in [-0.2, 0) is 6.42 Å². The van der Waals surface area contributed by atoms with Gasteiger partial charge in [-0.1, -0.05) is 0 Å². The summed E-state index contributed by atoms with van der Waals surface area (Å²) >= 11 is 3.36. The molecule has 0 saturated carbocycles. The Morgan fingerprint density at radius 2 is 2.28 bits per heavy atom. The zero-order valence-electron chi connectivity index (χ0n) is 10.1. The predicted octanol–water partition coefficient (Wildman–Crippen LogP) is 3.13. The van der Waals surface area contributed by atoms with Gasteiger partial charge in [-0.2, -0.15) is 0 Å². The van der Waals surface area contributed by atoms with Gasteiger partial charge in [0.25, 0.3) is 0 Å². The fraction of sp³-hybridized carbons (Fsp3) is 0.308. The number of imidazole rings is 1. The summed E-state index contributed by atoms with van der Waals surface area (Å²) in [6.45, 7) is 0.969. The first-order chi connectivity index (χ1) is 8.70. The van der Waals surface area contributed by atoms with Crippen LogP contribution in [0.5, 0.6) is 0 Å². The summed E-state index contributed by atoms with van der Waals surface area (Å²) in [5.74, 6) is 0.704. The highest BCUT2D eigenvalue weighted by atomic mass is 79.9. The first kappa shape index (κ1) is 13.2. The van der Waals surface area contributed by atoms with E-state index in [1.165, 1.54) is 12.1 Å². The third-order valence-corrected chi connectivity index (χ3v) is 3.35. The summed E-state index contributed by atoms with van der Waals surface area (Å²) in [6, 6.07) is 4.64. The molecule has 3 nitrogen and oxygen atoms in total. The number of aromatic nitrogens is 2. The minimum Gasteiger partial charge on any atom is -0.342 e. The lowest BCUT2D eigenvalue weighted by Crippen LogP contribution is -2.08. The van der Waals surface area contributed by atoms with Gasteiger partial charge in [0.2, 0.25) is 0 Å². The van der Waals surface area contributed by atoms with Gasteiger partial charge in [-0.15, -0.1) is 0 Å². The molecule has 0 bridgehead atoms. The maximum atomic E-state index is 13.0. The fourth-order valence-electron chi connectivity index (χ4n) is 1.77. The lowest BCUT2D eigenvalue weighted by Gasteiger charge is -2.01. The Morgan fingerprint density at radius 1 is 1.44 bits per heavy atom. The highest BCUT2D eigenvalue weighted by molar-refractivity contribution is 9.10. The van der Waals surface area contributed by atoms with Crippen molar-refractivity contribution in [1.29, 1.82) is 0 Å². The number of nitrogens with one attached hydrogen (secondary N) is 2. The van der Waals surface area contributed by atoms with Crippen molar-refractivity contribution in [3.63, 3.8) is 0 Å². The van der Waals surface area contributed by atoms with E-state index in [2.05, 4.69) is 31.2 Å². The van der Waals surface area contributed by atoms with Gasteiger partial charge in [0.1, 0.15) is 11.6 Å². The molecule has 5 heteroatoms. The van der Waals surface area contributed by atoms with Gasteiger partial charge in [0.15, 0.2) is 0 Å². The molecule has 1 heterocycles. The van der Waals surface area contributed by atoms with E-state index in [1.807, 2.05) is 7.05 Å². The molecule has 0 spiro atoms. The zero-order chi connectivity index (χ0) is 13.0. The molecule has 0 aliphatic heterocycles. The van der Waals surface area contributed by atoms with Crippen molar-refractivity contribution in [3.8, 4) is 11.3 Å². The Bertz CT molecular complexity index is 525. The van der Waals surface area contributed by atoms with E-state index in [0.717, 1.165) is 40.9 Å². The van der Waals surface area contributed by atoms with Crippen LogP contribution in [-0.4, -0.2) is 23.6 Å². The summed E-state index contributed by atoms with van der Waals surface area (Å²) in [5.41, 5.74) is 1.82. The normalized spacial score (nSPS) is 10.8. The highest BCUT2D eigenvalue weighted by Crippen LogP contribution is 2.27. The van der Waals surface area contributed by atoms with Crippen molar-refractivity contribution in [2.24, 2.45) is 0 Å². The number of hydrogen-bond acceptors (Lipinski definition) is 2. The van der Waals surface area contributed by atoms with Gasteiger partial charge in [-0.05, 0) is 54.1 Å². The van der Waals surface area contributed by atoms with E-state index >= 15 is 0 Å². The number of benzene rings is 1. The van der Waals surface area contributed by atoms with E-state index in [1.54, 1.807) is 12.3 Å². The summed E-state index contributed by atoms with van der Waals surface area (Å²) in [4.78, 5) is 7.59. The second-order valence-corrected chi connectivity index (χ2v) is 4.93. The Balaban J connectivity index is 2.13. The van der Waals surface area contributed by atoms with E-state index in [9.17, 15) is 4.39 Å². The molecule has 0 saturated heterocycles. The standard InChI is InChI=1S/C13H15BrFN3/c1-16-6-2-3-13-17-8-12(18-13)10-5-4-9(15)7-11(10)14/h4-5,7-8,16H,2-3,6H2,1H3,(H,17,18). The van der Waals surface area contributed by atoms with E-state index in [0.29, 0.717) is 0 Å². The highest BCUT2D eigenvalue weighted by Gasteiger charge is 2.07. The summed E-state index contributed by atoms with van der Waals surface area (Å²) in [5, 5.41) is 3.10. The molecule has 0 aliphatic carbocycles. The van der Waals surface area contributed by atoms with E-state index < -0.39 is 0 Å². The zero-order valence-corrected chi connectivity index (χ0v) is 11.7.